The molecule has 0 saturated carbocycles. The van der Waals surface area contributed by atoms with Crippen LogP contribution in [0, 0.1) is 0 Å². The van der Waals surface area contributed by atoms with Gasteiger partial charge in [-0.05, 0) is 182 Å². The number of para-hydroxylation sites is 2. The molecule has 0 fully saturated rings. The lowest BCUT2D eigenvalue weighted by Gasteiger charge is -2.12. The van der Waals surface area contributed by atoms with E-state index in [0.29, 0.717) is 0 Å². The average Bonchev–Trinajstić information content (AvgIpc) is 1.57. The summed E-state index contributed by atoms with van der Waals surface area (Å²) in [7, 11) is 0. The Morgan fingerprint density at radius 2 is 0.588 bits per heavy atom. The number of aromatic nitrogens is 2. The van der Waals surface area contributed by atoms with Crippen molar-refractivity contribution in [3.63, 3.8) is 0 Å². The largest absolute Gasteiger partial charge is 0.456 e. The van der Waals surface area contributed by atoms with Crippen molar-refractivity contribution in [3.05, 3.63) is 340 Å². The van der Waals surface area contributed by atoms with Gasteiger partial charge in [-0.3, -0.25) is 0 Å². The predicted molar refractivity (Wildman–Crippen MR) is 434 cm³/mol. The highest BCUT2D eigenvalue weighted by atomic mass is 32.1. The molecule has 0 aliphatic carbocycles. The van der Waals surface area contributed by atoms with Crippen LogP contribution in [-0.2, 0) is 0 Å². The van der Waals surface area contributed by atoms with Crippen molar-refractivity contribution in [3.8, 4) is 89.3 Å². The van der Waals surface area contributed by atoms with Crippen LogP contribution < -0.4 is 0 Å². The van der Waals surface area contributed by atoms with Crippen LogP contribution in [0.1, 0.15) is 0 Å². The molecular weight excluding hydrogens is 1280 g/mol. The van der Waals surface area contributed by atoms with Gasteiger partial charge in [-0.25, -0.2) is 0 Å². The Hall–Kier alpha value is -12.8. The molecule has 22 rings (SSSR count). The first-order valence-corrected chi connectivity index (χ1v) is 36.4. The smallest absolute Gasteiger partial charge is 0.143 e. The van der Waals surface area contributed by atoms with Gasteiger partial charge in [-0.15, -0.1) is 22.7 Å². The Bertz CT molecular complexity index is 7150. The SMILES string of the molecule is c1ccc(-c2ccc3c(c2)c2cc(-c4cccc(-c5ccc(-c6cccc7sc8c(-n9c%10ccc(-c%11ccccc%11)cc%10c%10cc(-c%11ccccc%11)ccc%109)cccc8c67)c6oc7ccccc7c56)c4)ccc2n3-c2cccc3c2sc2cccc(-c4ccc5c(c4)oc4ccccc45)c23)cc1. The van der Waals surface area contributed by atoms with Crippen LogP contribution in [0.4, 0.5) is 0 Å². The number of nitrogens with zero attached hydrogens (tertiary/aromatic N) is 2. The van der Waals surface area contributed by atoms with E-state index in [0.717, 1.165) is 99.5 Å². The van der Waals surface area contributed by atoms with Crippen LogP contribution in [-0.4, -0.2) is 9.13 Å². The lowest BCUT2D eigenvalue weighted by Crippen LogP contribution is -1.94. The molecule has 0 spiro atoms. The molecule has 474 valence electrons. The summed E-state index contributed by atoms with van der Waals surface area (Å²) < 4.78 is 23.6. The molecule has 4 nitrogen and oxygen atoms in total. The molecule has 0 bridgehead atoms. The maximum Gasteiger partial charge on any atom is 0.143 e. The van der Waals surface area contributed by atoms with E-state index in [1.807, 2.05) is 28.7 Å². The second-order valence-corrected chi connectivity index (χ2v) is 29.0. The lowest BCUT2D eigenvalue weighted by atomic mass is 9.91. The van der Waals surface area contributed by atoms with Gasteiger partial charge in [0.05, 0.1) is 42.8 Å². The van der Waals surface area contributed by atoms with Crippen LogP contribution in [0.2, 0.25) is 0 Å². The molecule has 0 radical (unpaired) electrons. The molecule has 22 aromatic rings. The topological polar surface area (TPSA) is 36.1 Å². The normalized spacial score (nSPS) is 12.1. The first kappa shape index (κ1) is 57.1. The number of rotatable bonds is 9. The molecular formula is C96H56N2O2S2. The Kier molecular flexibility index (Phi) is 12.5. The van der Waals surface area contributed by atoms with Crippen molar-refractivity contribution in [1.29, 1.82) is 0 Å². The molecule has 102 heavy (non-hydrogen) atoms. The molecule has 0 aliphatic rings. The zero-order chi connectivity index (χ0) is 66.7. The number of hydrogen-bond acceptors (Lipinski definition) is 4. The van der Waals surface area contributed by atoms with Gasteiger partial charge in [0.2, 0.25) is 0 Å². The van der Waals surface area contributed by atoms with Gasteiger partial charge in [0, 0.05) is 79.6 Å². The minimum atomic E-state index is 0.864. The van der Waals surface area contributed by atoms with Crippen molar-refractivity contribution < 1.29 is 8.83 Å². The summed E-state index contributed by atoms with van der Waals surface area (Å²) in [6, 6.07) is 125. The standard InChI is InChI=1S/C96H56N2O2S2/c1-4-19-57(20-5-1)61-40-47-80-76(52-61)77-53-62(58-21-6-2-7-22-58)41-48-81(77)97(80)85-34-16-32-75-92-71(30-18-38-90(92)102-96(75)85)72-46-45-68(93-73-28-11-13-36-87(73)100-94(72)93)65-26-14-25-60(51-65)64-43-50-83-79(55-64)78-54-63(59-23-8-3-9-24-59)42-49-82(78)98(83)84-33-15-31-74-91-67(29-17-37-89(91)101-95(74)84)66-39-44-70-69-27-10-12-35-86(69)99-88(70)56-66/h1-56H. The summed E-state index contributed by atoms with van der Waals surface area (Å²) in [5, 5.41) is 14.3. The summed E-state index contributed by atoms with van der Waals surface area (Å²) in [4.78, 5) is 0. The molecule has 0 atom stereocenters. The Labute approximate surface area is 593 Å². The van der Waals surface area contributed by atoms with Crippen LogP contribution >= 0.6 is 22.7 Å². The number of thiophene rings is 2. The Balaban J connectivity index is 0.676. The molecule has 6 aromatic heterocycles. The lowest BCUT2D eigenvalue weighted by molar-refractivity contribution is 0.669. The second-order valence-electron chi connectivity index (χ2n) is 26.9. The van der Waals surface area contributed by atoms with Crippen LogP contribution in [0.3, 0.4) is 0 Å². The van der Waals surface area contributed by atoms with Crippen molar-refractivity contribution >= 4 is 151 Å². The fraction of sp³-hybridized carbons (Fsp3) is 0. The summed E-state index contributed by atoms with van der Waals surface area (Å²) in [5.74, 6) is 0. The second kappa shape index (κ2) is 22.3. The zero-order valence-electron chi connectivity index (χ0n) is 54.9. The van der Waals surface area contributed by atoms with E-state index in [2.05, 4.69) is 343 Å². The summed E-state index contributed by atoms with van der Waals surface area (Å²) >= 11 is 3.74. The summed E-state index contributed by atoms with van der Waals surface area (Å²) in [5.41, 5.74) is 26.8. The van der Waals surface area contributed by atoms with Crippen LogP contribution in [0.5, 0.6) is 0 Å². The van der Waals surface area contributed by atoms with E-state index >= 15 is 0 Å². The van der Waals surface area contributed by atoms with Crippen molar-refractivity contribution in [2.45, 2.75) is 0 Å². The summed E-state index contributed by atoms with van der Waals surface area (Å²) in [6.07, 6.45) is 0. The predicted octanol–water partition coefficient (Wildman–Crippen LogP) is 28.1. The average molecular weight is 1330 g/mol. The van der Waals surface area contributed by atoms with Crippen molar-refractivity contribution in [2.24, 2.45) is 0 Å². The molecule has 0 amide bonds. The minimum Gasteiger partial charge on any atom is -0.456 e. The van der Waals surface area contributed by atoms with E-state index in [-0.39, 0.29) is 0 Å². The number of furan rings is 2. The zero-order valence-corrected chi connectivity index (χ0v) is 56.5. The van der Waals surface area contributed by atoms with Gasteiger partial charge in [-0.1, -0.05) is 231 Å². The Morgan fingerprint density at radius 1 is 0.206 bits per heavy atom. The van der Waals surface area contributed by atoms with Crippen LogP contribution in [0.25, 0.3) is 217 Å². The van der Waals surface area contributed by atoms with Crippen LogP contribution in [0.15, 0.2) is 349 Å². The van der Waals surface area contributed by atoms with E-state index in [9.17, 15) is 0 Å². The van der Waals surface area contributed by atoms with Gasteiger partial charge in [-0.2, -0.15) is 0 Å². The van der Waals surface area contributed by atoms with E-state index in [4.69, 9.17) is 8.83 Å². The van der Waals surface area contributed by atoms with Gasteiger partial charge in [0.15, 0.2) is 0 Å². The maximum atomic E-state index is 7.17. The molecule has 6 heterocycles. The third-order valence-corrected chi connectivity index (χ3v) is 23.7. The highest BCUT2D eigenvalue weighted by Crippen LogP contribution is 2.51. The fourth-order valence-corrected chi connectivity index (χ4v) is 19.2. The molecule has 6 heteroatoms. The first-order chi connectivity index (χ1) is 50.6. The Morgan fingerprint density at radius 3 is 1.15 bits per heavy atom. The molecule has 0 saturated heterocycles. The van der Waals surface area contributed by atoms with Crippen molar-refractivity contribution in [2.75, 3.05) is 0 Å². The van der Waals surface area contributed by atoms with Gasteiger partial charge >= 0.3 is 0 Å². The first-order valence-electron chi connectivity index (χ1n) is 34.8. The van der Waals surface area contributed by atoms with E-state index < -0.39 is 0 Å². The van der Waals surface area contributed by atoms with Crippen molar-refractivity contribution in [1.82, 2.24) is 9.13 Å². The fourth-order valence-electron chi connectivity index (χ4n) is 16.7. The molecule has 0 N–H and O–H groups in total. The highest BCUT2D eigenvalue weighted by Gasteiger charge is 2.25. The minimum absolute atomic E-state index is 0.864. The number of benzene rings is 16. The van der Waals surface area contributed by atoms with E-state index in [1.165, 1.54) is 118 Å². The number of hydrogen-bond donors (Lipinski definition) is 0. The number of fused-ring (bicyclic) bond motifs is 18. The van der Waals surface area contributed by atoms with Gasteiger partial charge < -0.3 is 18.0 Å². The highest BCUT2D eigenvalue weighted by molar-refractivity contribution is 7.26. The monoisotopic (exact) mass is 1330 g/mol. The third-order valence-electron chi connectivity index (χ3n) is 21.3. The molecule has 0 unspecified atom stereocenters. The van der Waals surface area contributed by atoms with Gasteiger partial charge in [0.25, 0.3) is 0 Å². The van der Waals surface area contributed by atoms with E-state index in [1.54, 1.807) is 0 Å². The van der Waals surface area contributed by atoms with Gasteiger partial charge in [0.1, 0.15) is 22.3 Å². The molecule has 16 aromatic carbocycles. The third kappa shape index (κ3) is 8.67. The summed E-state index contributed by atoms with van der Waals surface area (Å²) in [6.45, 7) is 0. The quantitative estimate of drug-likeness (QED) is 0.144. The molecule has 0 aliphatic heterocycles. The maximum absolute atomic E-state index is 7.17.